The molecule has 0 unspecified atom stereocenters. The molecule has 0 aliphatic carbocycles. The van der Waals surface area contributed by atoms with Gasteiger partial charge in [-0.05, 0) is 49.4 Å². The fourth-order valence-electron chi connectivity index (χ4n) is 4.64. The van der Waals surface area contributed by atoms with Crippen molar-refractivity contribution in [3.8, 4) is 16.3 Å². The quantitative estimate of drug-likeness (QED) is 0.289. The van der Waals surface area contributed by atoms with Crippen LogP contribution in [-0.2, 0) is 10.9 Å². The van der Waals surface area contributed by atoms with Crippen molar-refractivity contribution < 1.29 is 27.5 Å². The van der Waals surface area contributed by atoms with Crippen LogP contribution in [0.3, 0.4) is 0 Å². The third-order valence-corrected chi connectivity index (χ3v) is 7.99. The summed E-state index contributed by atoms with van der Waals surface area (Å²) in [6.45, 7) is 7.45. The number of carbonyl (C=O) groups is 2. The molecule has 1 saturated heterocycles. The van der Waals surface area contributed by atoms with E-state index in [2.05, 4.69) is 42.5 Å². The highest BCUT2D eigenvalue weighted by molar-refractivity contribution is 7.19. The Kier molecular flexibility index (Phi) is 8.64. The number of nitrogens with zero attached hydrogens (tertiary/aromatic N) is 6. The number of thiazole rings is 1. The number of halogens is 3. The molecule has 43 heavy (non-hydrogen) atoms. The summed E-state index contributed by atoms with van der Waals surface area (Å²) < 4.78 is 47.4. The maximum Gasteiger partial charge on any atom is 0.416 e. The number of anilines is 3. The predicted octanol–water partition coefficient (Wildman–Crippen LogP) is 5.29. The zero-order valence-corrected chi connectivity index (χ0v) is 24.4. The van der Waals surface area contributed by atoms with Crippen molar-refractivity contribution in [1.29, 1.82) is 0 Å². The van der Waals surface area contributed by atoms with Crippen molar-refractivity contribution in [2.75, 3.05) is 55.4 Å². The van der Waals surface area contributed by atoms with Gasteiger partial charge in [-0.25, -0.2) is 14.5 Å². The van der Waals surface area contributed by atoms with Crippen LogP contribution < -0.4 is 15.5 Å². The summed E-state index contributed by atoms with van der Waals surface area (Å²) in [5.41, 5.74) is 1.70. The summed E-state index contributed by atoms with van der Waals surface area (Å²) >= 11 is 1.18. The Labute approximate surface area is 249 Å². The Morgan fingerprint density at radius 2 is 1.84 bits per heavy atom. The molecule has 0 bridgehead atoms. The fourth-order valence-corrected chi connectivity index (χ4v) is 5.39. The second kappa shape index (κ2) is 12.4. The van der Waals surface area contributed by atoms with Crippen LogP contribution in [0.5, 0.6) is 0 Å². The number of rotatable bonds is 7. The van der Waals surface area contributed by atoms with Crippen molar-refractivity contribution in [1.82, 2.24) is 24.9 Å². The molecule has 5 rings (SSSR count). The van der Waals surface area contributed by atoms with E-state index >= 15 is 0 Å². The fraction of sp³-hybridized carbons (Fsp3) is 0.321. The number of alkyl halides is 3. The number of benzene rings is 2. The van der Waals surface area contributed by atoms with Crippen LogP contribution in [0.15, 0.2) is 48.8 Å². The van der Waals surface area contributed by atoms with Gasteiger partial charge in [0.05, 0.1) is 29.4 Å². The second-order valence-electron chi connectivity index (χ2n) is 9.84. The lowest BCUT2D eigenvalue weighted by atomic mass is 10.1. The molecule has 0 atom stereocenters. The van der Waals surface area contributed by atoms with Crippen molar-refractivity contribution in [3.05, 3.63) is 65.5 Å². The first-order chi connectivity index (χ1) is 20.5. The first kappa shape index (κ1) is 30.0. The van der Waals surface area contributed by atoms with Crippen LogP contribution >= 0.6 is 11.3 Å². The number of hydrogen-bond acceptors (Lipinski definition) is 9. The van der Waals surface area contributed by atoms with Crippen molar-refractivity contribution in [2.45, 2.75) is 20.0 Å². The highest BCUT2D eigenvalue weighted by Gasteiger charge is 2.32. The molecule has 15 heteroatoms. The van der Waals surface area contributed by atoms with Gasteiger partial charge in [0.1, 0.15) is 5.69 Å². The molecule has 2 aromatic heterocycles. The average Bonchev–Trinajstić information content (AvgIpc) is 3.67. The number of nitrogens with one attached hydrogen (secondary N) is 2. The molecule has 0 radical (unpaired) electrons. The number of piperazine rings is 1. The Bertz CT molecular complexity index is 1630. The van der Waals surface area contributed by atoms with E-state index in [-0.39, 0.29) is 11.3 Å². The van der Waals surface area contributed by atoms with Crippen LogP contribution in [-0.4, -0.2) is 76.7 Å². The summed E-state index contributed by atoms with van der Waals surface area (Å²) in [6.07, 6.45) is -2.03. The minimum atomic E-state index is -4.57. The molecule has 1 aliphatic rings. The van der Waals surface area contributed by atoms with Crippen LogP contribution in [0.4, 0.5) is 34.5 Å². The zero-order valence-electron chi connectivity index (χ0n) is 23.6. The molecular weight excluding hydrogens is 585 g/mol. The summed E-state index contributed by atoms with van der Waals surface area (Å²) in [5.74, 6) is -0.566. The van der Waals surface area contributed by atoms with Gasteiger partial charge < -0.3 is 19.9 Å². The average molecular weight is 615 g/mol. The van der Waals surface area contributed by atoms with Gasteiger partial charge in [0.2, 0.25) is 0 Å². The van der Waals surface area contributed by atoms with Gasteiger partial charge in [0, 0.05) is 49.3 Å². The van der Waals surface area contributed by atoms with Crippen LogP contribution in [0, 0.1) is 6.92 Å². The molecule has 1 fully saturated rings. The minimum absolute atomic E-state index is 0.0551. The number of aryl methyl sites for hydroxylation is 1. The Balaban J connectivity index is 1.37. The Morgan fingerprint density at radius 3 is 2.53 bits per heavy atom. The van der Waals surface area contributed by atoms with Gasteiger partial charge in [0.25, 0.3) is 5.91 Å². The van der Waals surface area contributed by atoms with E-state index in [4.69, 9.17) is 0 Å². The SMILES string of the molecule is CCN1CCN(c2cc(NC(=O)c3ccc(C)c(-n4cc(-c5cnc(NC(=O)OC)s5)nn4)c3)cc(C(F)(F)F)c2)CC1. The summed E-state index contributed by atoms with van der Waals surface area (Å²) in [7, 11) is 1.25. The molecule has 11 nitrogen and oxygen atoms in total. The van der Waals surface area contributed by atoms with Gasteiger partial charge in [-0.2, -0.15) is 13.2 Å². The van der Waals surface area contributed by atoms with E-state index in [9.17, 15) is 22.8 Å². The van der Waals surface area contributed by atoms with Crippen molar-refractivity contribution in [2.24, 2.45) is 0 Å². The standard InChI is InChI=1S/C28H29F3N8O3S/c1-4-37-7-9-38(10-8-37)21-13-19(28(29,30)31)12-20(14-21)33-25(40)18-6-5-17(2)23(11-18)39-16-22(35-36-39)24-15-32-26(43-24)34-27(41)42-3/h5-6,11-16H,4,7-10H2,1-3H3,(H,33,40)(H,32,34,41). The van der Waals surface area contributed by atoms with E-state index in [0.29, 0.717) is 40.2 Å². The second-order valence-corrected chi connectivity index (χ2v) is 10.9. The number of amides is 2. The monoisotopic (exact) mass is 614 g/mol. The van der Waals surface area contributed by atoms with E-state index in [1.54, 1.807) is 30.5 Å². The molecule has 1 aliphatic heterocycles. The lowest BCUT2D eigenvalue weighted by Crippen LogP contribution is -2.46. The molecular formula is C28H29F3N8O3S. The highest BCUT2D eigenvalue weighted by atomic mass is 32.1. The van der Waals surface area contributed by atoms with E-state index in [1.165, 1.54) is 29.3 Å². The molecule has 2 amide bonds. The number of methoxy groups -OCH3 is 1. The maximum absolute atomic E-state index is 13.8. The number of carbonyl (C=O) groups excluding carboxylic acids is 2. The normalized spacial score (nSPS) is 14.0. The third kappa shape index (κ3) is 6.94. The number of aromatic nitrogens is 4. The highest BCUT2D eigenvalue weighted by Crippen LogP contribution is 2.35. The van der Waals surface area contributed by atoms with Gasteiger partial charge in [-0.3, -0.25) is 10.1 Å². The molecule has 0 saturated carbocycles. The molecule has 3 heterocycles. The number of likely N-dealkylation sites (N-methyl/N-ethyl adjacent to an activating group) is 1. The van der Waals surface area contributed by atoms with Gasteiger partial charge in [-0.1, -0.05) is 29.5 Å². The van der Waals surface area contributed by atoms with Crippen LogP contribution in [0.25, 0.3) is 16.3 Å². The molecule has 0 spiro atoms. The molecule has 4 aromatic rings. The van der Waals surface area contributed by atoms with Gasteiger partial charge >= 0.3 is 12.3 Å². The number of hydrogen-bond donors (Lipinski definition) is 2. The maximum atomic E-state index is 13.8. The molecule has 2 aromatic carbocycles. The first-order valence-corrected chi connectivity index (χ1v) is 14.2. The third-order valence-electron chi connectivity index (χ3n) is 7.05. The lowest BCUT2D eigenvalue weighted by Gasteiger charge is -2.36. The Morgan fingerprint density at radius 1 is 1.07 bits per heavy atom. The summed E-state index contributed by atoms with van der Waals surface area (Å²) in [4.78, 5) is 33.6. The van der Waals surface area contributed by atoms with E-state index in [0.717, 1.165) is 37.3 Å². The number of ether oxygens (including phenoxy) is 1. The molecule has 2 N–H and O–H groups in total. The summed E-state index contributed by atoms with van der Waals surface area (Å²) in [5, 5.41) is 13.8. The van der Waals surface area contributed by atoms with Gasteiger partial charge in [-0.15, -0.1) is 5.10 Å². The zero-order chi connectivity index (χ0) is 30.7. The smallest absolute Gasteiger partial charge is 0.416 e. The molecule has 226 valence electrons. The predicted molar refractivity (Wildman–Crippen MR) is 157 cm³/mol. The van der Waals surface area contributed by atoms with Crippen LogP contribution in [0.2, 0.25) is 0 Å². The topological polar surface area (TPSA) is 118 Å². The van der Waals surface area contributed by atoms with E-state index < -0.39 is 23.7 Å². The van der Waals surface area contributed by atoms with E-state index in [1.807, 2.05) is 11.8 Å². The Hall–Kier alpha value is -4.50. The van der Waals surface area contributed by atoms with Crippen molar-refractivity contribution in [3.63, 3.8) is 0 Å². The first-order valence-electron chi connectivity index (χ1n) is 13.4. The lowest BCUT2D eigenvalue weighted by molar-refractivity contribution is -0.137. The largest absolute Gasteiger partial charge is 0.453 e. The van der Waals surface area contributed by atoms with Gasteiger partial charge in [0.15, 0.2) is 5.13 Å². The van der Waals surface area contributed by atoms with Crippen molar-refractivity contribution >= 4 is 39.8 Å². The summed E-state index contributed by atoms with van der Waals surface area (Å²) in [6, 6.07) is 8.56. The minimum Gasteiger partial charge on any atom is -0.453 e. The van der Waals surface area contributed by atoms with Crippen LogP contribution in [0.1, 0.15) is 28.4 Å².